The van der Waals surface area contributed by atoms with E-state index >= 15 is 0 Å². The average molecular weight is 717 g/mol. The van der Waals surface area contributed by atoms with Crippen molar-refractivity contribution in [3.05, 3.63) is 193 Å². The van der Waals surface area contributed by atoms with E-state index in [1.54, 1.807) is 0 Å². The first-order valence-corrected chi connectivity index (χ1v) is 19.2. The highest BCUT2D eigenvalue weighted by molar-refractivity contribution is 6.12. The molecule has 0 bridgehead atoms. The molecule has 2 aromatic heterocycles. The molecular formula is C53H36N2O. The van der Waals surface area contributed by atoms with Crippen LogP contribution in [0.4, 0.5) is 0 Å². The first kappa shape index (κ1) is 32.3. The zero-order valence-electron chi connectivity index (χ0n) is 31.1. The van der Waals surface area contributed by atoms with E-state index in [0.29, 0.717) is 5.82 Å². The van der Waals surface area contributed by atoms with E-state index in [4.69, 9.17) is 14.4 Å². The second-order valence-electron chi connectivity index (χ2n) is 15.4. The molecule has 1 aliphatic carbocycles. The summed E-state index contributed by atoms with van der Waals surface area (Å²) in [6.45, 7) is 4.68. The minimum Gasteiger partial charge on any atom is -0.456 e. The molecule has 0 spiro atoms. The van der Waals surface area contributed by atoms with Gasteiger partial charge in [0, 0.05) is 32.9 Å². The highest BCUT2D eigenvalue weighted by Crippen LogP contribution is 2.53. The van der Waals surface area contributed by atoms with Gasteiger partial charge in [0.2, 0.25) is 0 Å². The number of nitrogens with zero attached hydrogens (tertiary/aromatic N) is 2. The summed E-state index contributed by atoms with van der Waals surface area (Å²) in [7, 11) is 0. The van der Waals surface area contributed by atoms with E-state index in [1.807, 2.05) is 30.3 Å². The van der Waals surface area contributed by atoms with Gasteiger partial charge in [-0.3, -0.25) is 0 Å². The smallest absolute Gasteiger partial charge is 0.160 e. The van der Waals surface area contributed by atoms with Crippen molar-refractivity contribution < 1.29 is 4.42 Å². The Labute approximate surface area is 325 Å². The molecule has 56 heavy (non-hydrogen) atoms. The predicted octanol–water partition coefficient (Wildman–Crippen LogP) is 14.2. The van der Waals surface area contributed by atoms with Crippen LogP contribution in [-0.4, -0.2) is 9.97 Å². The van der Waals surface area contributed by atoms with Gasteiger partial charge in [-0.15, -0.1) is 0 Å². The zero-order chi connectivity index (χ0) is 37.4. The van der Waals surface area contributed by atoms with Crippen LogP contribution >= 0.6 is 0 Å². The fourth-order valence-electron chi connectivity index (χ4n) is 8.85. The van der Waals surface area contributed by atoms with Crippen molar-refractivity contribution in [3.8, 4) is 67.3 Å². The van der Waals surface area contributed by atoms with Crippen LogP contribution in [-0.2, 0) is 5.41 Å². The molecule has 0 unspecified atom stereocenters. The normalized spacial score (nSPS) is 13.0. The molecule has 3 heteroatoms. The van der Waals surface area contributed by atoms with Gasteiger partial charge in [-0.05, 0) is 91.7 Å². The van der Waals surface area contributed by atoms with Crippen LogP contribution in [0.1, 0.15) is 25.0 Å². The number of benzene rings is 8. The van der Waals surface area contributed by atoms with Crippen LogP contribution in [0.25, 0.3) is 100.0 Å². The molecule has 0 radical (unpaired) electrons. The Balaban J connectivity index is 1.02. The zero-order valence-corrected chi connectivity index (χ0v) is 31.1. The third-order valence-electron chi connectivity index (χ3n) is 11.7. The minimum atomic E-state index is -0.144. The monoisotopic (exact) mass is 716 g/mol. The lowest BCUT2D eigenvalue weighted by atomic mass is 9.81. The van der Waals surface area contributed by atoms with Crippen LogP contribution in [0.5, 0.6) is 0 Å². The summed E-state index contributed by atoms with van der Waals surface area (Å²) < 4.78 is 6.21. The summed E-state index contributed by atoms with van der Waals surface area (Å²) in [5.41, 5.74) is 16.5. The summed E-state index contributed by atoms with van der Waals surface area (Å²) in [6.07, 6.45) is 0. The summed E-state index contributed by atoms with van der Waals surface area (Å²) >= 11 is 0. The molecule has 264 valence electrons. The summed E-state index contributed by atoms with van der Waals surface area (Å²) in [5, 5.41) is 4.79. The third kappa shape index (κ3) is 5.12. The van der Waals surface area contributed by atoms with E-state index < -0.39 is 0 Å². The molecular weight excluding hydrogens is 681 g/mol. The molecule has 0 saturated heterocycles. The second kappa shape index (κ2) is 12.5. The Hall–Kier alpha value is -7.10. The van der Waals surface area contributed by atoms with E-state index in [9.17, 15) is 0 Å². The van der Waals surface area contributed by atoms with Crippen molar-refractivity contribution in [3.63, 3.8) is 0 Å². The van der Waals surface area contributed by atoms with Crippen LogP contribution in [0.3, 0.4) is 0 Å². The molecule has 8 aromatic carbocycles. The fraction of sp³-hybridized carbons (Fsp3) is 0.0566. The Bertz CT molecular complexity index is 3150. The first-order chi connectivity index (χ1) is 27.5. The van der Waals surface area contributed by atoms with Gasteiger partial charge < -0.3 is 4.42 Å². The maximum absolute atomic E-state index is 6.21. The Morgan fingerprint density at radius 2 is 1.05 bits per heavy atom. The van der Waals surface area contributed by atoms with Crippen molar-refractivity contribution in [1.29, 1.82) is 0 Å². The van der Waals surface area contributed by atoms with E-state index in [2.05, 4.69) is 166 Å². The van der Waals surface area contributed by atoms with Gasteiger partial charge in [-0.25, -0.2) is 9.97 Å². The van der Waals surface area contributed by atoms with Gasteiger partial charge in [0.15, 0.2) is 5.82 Å². The summed E-state index contributed by atoms with van der Waals surface area (Å²) in [4.78, 5) is 10.5. The number of aromatic nitrogens is 2. The van der Waals surface area contributed by atoms with Crippen molar-refractivity contribution >= 4 is 32.7 Å². The molecule has 0 fully saturated rings. The van der Waals surface area contributed by atoms with Gasteiger partial charge in [-0.1, -0.05) is 159 Å². The van der Waals surface area contributed by atoms with Crippen molar-refractivity contribution in [2.45, 2.75) is 19.3 Å². The minimum absolute atomic E-state index is 0.144. The molecule has 11 rings (SSSR count). The van der Waals surface area contributed by atoms with E-state index in [0.717, 1.165) is 66.7 Å². The molecule has 2 heterocycles. The van der Waals surface area contributed by atoms with Gasteiger partial charge in [0.1, 0.15) is 11.2 Å². The number of hydrogen-bond donors (Lipinski definition) is 0. The number of rotatable bonds is 5. The standard InChI is InChI=1S/C53H36N2O/c1-53(2)44-22-11-21-41(50(44)43-30-37-15-6-7-16-38(37)31-45(43)53)47-32-46(54-52(55-47)35-13-4-3-5-14-35)34-27-25-33(26-28-34)36-17-10-18-39(29-36)40-20-12-24-49-51(40)42-19-8-9-23-48(42)56-49/h3-32H,1-2H3. The lowest BCUT2D eigenvalue weighted by molar-refractivity contribution is 0.661. The lowest BCUT2D eigenvalue weighted by Gasteiger charge is -2.22. The van der Waals surface area contributed by atoms with Gasteiger partial charge in [0.05, 0.1) is 11.4 Å². The lowest BCUT2D eigenvalue weighted by Crippen LogP contribution is -2.14. The van der Waals surface area contributed by atoms with Gasteiger partial charge in [0.25, 0.3) is 0 Å². The van der Waals surface area contributed by atoms with Gasteiger partial charge >= 0.3 is 0 Å². The fourth-order valence-corrected chi connectivity index (χ4v) is 8.85. The van der Waals surface area contributed by atoms with Crippen molar-refractivity contribution in [2.75, 3.05) is 0 Å². The second-order valence-corrected chi connectivity index (χ2v) is 15.4. The van der Waals surface area contributed by atoms with Crippen LogP contribution in [0.15, 0.2) is 186 Å². The van der Waals surface area contributed by atoms with Gasteiger partial charge in [-0.2, -0.15) is 0 Å². The maximum atomic E-state index is 6.21. The number of furan rings is 1. The molecule has 0 atom stereocenters. The Morgan fingerprint density at radius 1 is 0.411 bits per heavy atom. The van der Waals surface area contributed by atoms with Crippen LogP contribution in [0.2, 0.25) is 0 Å². The Morgan fingerprint density at radius 3 is 1.91 bits per heavy atom. The van der Waals surface area contributed by atoms with E-state index in [1.165, 1.54) is 38.6 Å². The highest BCUT2D eigenvalue weighted by Gasteiger charge is 2.37. The molecule has 3 nitrogen and oxygen atoms in total. The van der Waals surface area contributed by atoms with Crippen molar-refractivity contribution in [2.24, 2.45) is 0 Å². The predicted molar refractivity (Wildman–Crippen MR) is 232 cm³/mol. The number of fused-ring (bicyclic) bond motifs is 7. The molecule has 0 saturated carbocycles. The topological polar surface area (TPSA) is 38.9 Å². The maximum Gasteiger partial charge on any atom is 0.160 e. The molecule has 1 aliphatic rings. The number of para-hydroxylation sites is 1. The Kier molecular flexibility index (Phi) is 7.20. The van der Waals surface area contributed by atoms with E-state index in [-0.39, 0.29) is 5.41 Å². The van der Waals surface area contributed by atoms with Crippen molar-refractivity contribution in [1.82, 2.24) is 9.97 Å². The SMILES string of the molecule is CC1(C)c2cc3ccccc3cc2-c2c(-c3cc(-c4ccc(-c5cccc(-c6cccc7oc8ccccc8c67)c5)cc4)nc(-c4ccccc4)n3)cccc21. The average Bonchev–Trinajstić information content (AvgIpc) is 3.75. The van der Waals surface area contributed by atoms with Crippen LogP contribution < -0.4 is 0 Å². The molecule has 0 aliphatic heterocycles. The molecule has 10 aromatic rings. The molecule has 0 amide bonds. The summed E-state index contributed by atoms with van der Waals surface area (Å²) in [6, 6.07) is 64.7. The largest absolute Gasteiger partial charge is 0.456 e. The first-order valence-electron chi connectivity index (χ1n) is 19.2. The molecule has 0 N–H and O–H groups in total. The summed E-state index contributed by atoms with van der Waals surface area (Å²) in [5.74, 6) is 0.712. The number of hydrogen-bond acceptors (Lipinski definition) is 3. The highest BCUT2D eigenvalue weighted by atomic mass is 16.3. The quantitative estimate of drug-likeness (QED) is 0.178. The van der Waals surface area contributed by atoms with Crippen LogP contribution in [0, 0.1) is 0 Å². The third-order valence-corrected chi connectivity index (χ3v) is 11.7.